The molecule has 0 N–H and O–H groups in total. The molecule has 0 amide bonds. The van der Waals surface area contributed by atoms with Gasteiger partial charge in [0.25, 0.3) is 5.96 Å². The third kappa shape index (κ3) is 2.36. The summed E-state index contributed by atoms with van der Waals surface area (Å²) in [4.78, 5) is 4.97. The van der Waals surface area contributed by atoms with Crippen LogP contribution in [-0.2, 0) is 0 Å². The Balaban J connectivity index is 2.62. The van der Waals surface area contributed by atoms with Crippen molar-refractivity contribution < 1.29 is 4.58 Å². The molecule has 0 unspecified atom stereocenters. The van der Waals surface area contributed by atoms with Crippen LogP contribution in [0.4, 0.5) is 0 Å². The maximum absolute atomic E-state index is 8.37. The van der Waals surface area contributed by atoms with Crippen molar-refractivity contribution in [2.24, 2.45) is 5.11 Å². The maximum atomic E-state index is 8.37. The molecule has 5 nitrogen and oxygen atoms in total. The highest BCUT2D eigenvalue weighted by atomic mass is 15.4. The molecular weight excluding hydrogens is 166 g/mol. The van der Waals surface area contributed by atoms with Crippen LogP contribution in [0.1, 0.15) is 19.8 Å². The first-order valence-electron chi connectivity index (χ1n) is 4.67. The zero-order chi connectivity index (χ0) is 9.68. The Hall–Kier alpha value is -1.22. The molecule has 0 radical (unpaired) electrons. The predicted molar refractivity (Wildman–Crippen MR) is 51.7 cm³/mol. The van der Waals surface area contributed by atoms with Gasteiger partial charge in [0.2, 0.25) is 0 Å². The molecule has 1 aliphatic rings. The van der Waals surface area contributed by atoms with Crippen molar-refractivity contribution in [2.45, 2.75) is 19.8 Å². The lowest BCUT2D eigenvalue weighted by molar-refractivity contribution is -0.487. The predicted octanol–water partition coefficient (Wildman–Crippen LogP) is 1.41. The van der Waals surface area contributed by atoms with Gasteiger partial charge in [-0.25, -0.2) is 0 Å². The van der Waals surface area contributed by atoms with Gasteiger partial charge in [0, 0.05) is 10.0 Å². The first-order valence-corrected chi connectivity index (χ1v) is 4.67. The molecule has 0 aromatic carbocycles. The molecule has 1 rings (SSSR count). The number of unbranched alkanes of at least 4 members (excludes halogenated alkanes) is 1. The van der Waals surface area contributed by atoms with E-state index in [-0.39, 0.29) is 0 Å². The van der Waals surface area contributed by atoms with Gasteiger partial charge in [0.05, 0.1) is 26.7 Å². The summed E-state index contributed by atoms with van der Waals surface area (Å²) < 4.78 is 2.00. The monoisotopic (exact) mass is 182 g/mol. The van der Waals surface area contributed by atoms with Crippen LogP contribution >= 0.6 is 0 Å². The van der Waals surface area contributed by atoms with E-state index in [0.29, 0.717) is 0 Å². The Morgan fingerprint density at radius 1 is 1.69 bits per heavy atom. The van der Waals surface area contributed by atoms with Crippen molar-refractivity contribution >= 4 is 5.96 Å². The highest BCUT2D eigenvalue weighted by molar-refractivity contribution is 5.76. The van der Waals surface area contributed by atoms with Crippen LogP contribution in [0, 0.1) is 0 Å². The van der Waals surface area contributed by atoms with Crippen LogP contribution in [0.3, 0.4) is 0 Å². The van der Waals surface area contributed by atoms with Crippen molar-refractivity contribution in [3.05, 3.63) is 10.4 Å². The van der Waals surface area contributed by atoms with E-state index in [1.54, 1.807) is 0 Å². The topological polar surface area (TPSA) is 55.0 Å². The molecule has 5 heteroatoms. The quantitative estimate of drug-likeness (QED) is 0.282. The normalized spacial score (nSPS) is 16.3. The fraction of sp³-hybridized carbons (Fsp3) is 0.875. The molecule has 0 saturated heterocycles. The maximum Gasteiger partial charge on any atom is 0.282 e. The van der Waals surface area contributed by atoms with Crippen molar-refractivity contribution in [1.82, 2.24) is 4.90 Å². The van der Waals surface area contributed by atoms with Crippen LogP contribution in [-0.4, -0.2) is 42.1 Å². The minimum absolute atomic E-state index is 0.774. The first kappa shape index (κ1) is 9.86. The van der Waals surface area contributed by atoms with E-state index in [1.165, 1.54) is 6.42 Å². The van der Waals surface area contributed by atoms with Gasteiger partial charge in [-0.2, -0.15) is 0 Å². The molecule has 72 valence electrons. The Morgan fingerprint density at radius 3 is 3.08 bits per heavy atom. The van der Waals surface area contributed by atoms with Crippen molar-refractivity contribution in [2.75, 3.05) is 26.7 Å². The van der Waals surface area contributed by atoms with Crippen LogP contribution < -0.4 is 0 Å². The van der Waals surface area contributed by atoms with Gasteiger partial charge in [-0.05, 0) is 12.0 Å². The zero-order valence-electron chi connectivity index (χ0n) is 8.27. The smallest absolute Gasteiger partial charge is 0.282 e. The third-order valence-electron chi connectivity index (χ3n) is 2.25. The fourth-order valence-corrected chi connectivity index (χ4v) is 1.45. The summed E-state index contributed by atoms with van der Waals surface area (Å²) in [7, 11) is 1.95. The summed E-state index contributed by atoms with van der Waals surface area (Å²) in [5.74, 6) is 0.774. The second-order valence-electron chi connectivity index (χ2n) is 3.25. The second-order valence-corrected chi connectivity index (χ2v) is 3.25. The van der Waals surface area contributed by atoms with Gasteiger partial charge in [0.15, 0.2) is 0 Å². The fourth-order valence-electron chi connectivity index (χ4n) is 1.45. The molecule has 1 aliphatic heterocycles. The summed E-state index contributed by atoms with van der Waals surface area (Å²) in [5.41, 5.74) is 8.37. The van der Waals surface area contributed by atoms with Crippen LogP contribution in [0.25, 0.3) is 10.4 Å². The van der Waals surface area contributed by atoms with Gasteiger partial charge in [-0.15, -0.1) is 0 Å². The molecule has 13 heavy (non-hydrogen) atoms. The molecule has 0 aliphatic carbocycles. The summed E-state index contributed by atoms with van der Waals surface area (Å²) >= 11 is 0. The van der Waals surface area contributed by atoms with E-state index in [4.69, 9.17) is 5.53 Å². The van der Waals surface area contributed by atoms with E-state index < -0.39 is 0 Å². The highest BCUT2D eigenvalue weighted by Gasteiger charge is 2.22. The average molecular weight is 182 g/mol. The SMILES string of the molecule is CCCCN1CC[N+](C)=C1N=[N+]=[N-]. The van der Waals surface area contributed by atoms with E-state index >= 15 is 0 Å². The van der Waals surface area contributed by atoms with Crippen molar-refractivity contribution in [3.63, 3.8) is 0 Å². The van der Waals surface area contributed by atoms with Gasteiger partial charge in [0.1, 0.15) is 0 Å². The van der Waals surface area contributed by atoms with E-state index in [2.05, 4.69) is 21.8 Å². The van der Waals surface area contributed by atoms with Crippen LogP contribution in [0.5, 0.6) is 0 Å². The standard InChI is InChI=1S/C8H16N5/c1-3-4-5-13-7-6-12(2)8(13)10-11-9/h3-7H2,1-2H3/q+1. The number of nitrogens with zero attached hydrogens (tertiary/aromatic N) is 5. The lowest BCUT2D eigenvalue weighted by Gasteiger charge is -2.11. The number of hydrogen-bond donors (Lipinski definition) is 0. The number of rotatable bonds is 3. The van der Waals surface area contributed by atoms with Crippen LogP contribution in [0.15, 0.2) is 5.11 Å². The third-order valence-corrected chi connectivity index (χ3v) is 2.25. The Morgan fingerprint density at radius 2 is 2.46 bits per heavy atom. The molecule has 0 fully saturated rings. The largest absolute Gasteiger partial charge is 0.290 e. The Kier molecular flexibility index (Phi) is 3.58. The summed E-state index contributed by atoms with van der Waals surface area (Å²) in [6.45, 7) is 5.09. The number of azide groups is 1. The average Bonchev–Trinajstić information content (AvgIpc) is 2.46. The molecule has 0 bridgehead atoms. The van der Waals surface area contributed by atoms with Crippen molar-refractivity contribution in [3.8, 4) is 0 Å². The lowest BCUT2D eigenvalue weighted by atomic mass is 10.3. The minimum atomic E-state index is 0.774. The second kappa shape index (κ2) is 4.72. The van der Waals surface area contributed by atoms with E-state index in [1.807, 2.05) is 11.6 Å². The minimum Gasteiger partial charge on any atom is -0.290 e. The van der Waals surface area contributed by atoms with Gasteiger partial charge in [-0.1, -0.05) is 13.3 Å². The first-order chi connectivity index (χ1) is 6.29. The number of hydrogen-bond acceptors (Lipinski definition) is 2. The molecule has 0 atom stereocenters. The number of guanidine groups is 1. The number of likely N-dealkylation sites (N-methyl/N-ethyl adjacent to an activating group) is 1. The van der Waals surface area contributed by atoms with Gasteiger partial charge < -0.3 is 0 Å². The molecule has 0 aromatic heterocycles. The van der Waals surface area contributed by atoms with E-state index in [0.717, 1.165) is 32.0 Å². The molecule has 0 spiro atoms. The highest BCUT2D eigenvalue weighted by Crippen LogP contribution is 2.04. The zero-order valence-corrected chi connectivity index (χ0v) is 8.27. The molecule has 1 heterocycles. The molecular formula is C8H16N5+. The summed E-state index contributed by atoms with van der Waals surface area (Å²) in [6, 6.07) is 0. The van der Waals surface area contributed by atoms with Crippen LogP contribution in [0.2, 0.25) is 0 Å². The summed E-state index contributed by atoms with van der Waals surface area (Å²) in [5, 5.41) is 3.69. The van der Waals surface area contributed by atoms with Crippen molar-refractivity contribution in [1.29, 1.82) is 0 Å². The molecule has 0 aromatic rings. The Bertz CT molecular complexity index is 251. The molecule has 0 saturated carbocycles. The van der Waals surface area contributed by atoms with Gasteiger partial charge in [-0.3, -0.25) is 9.48 Å². The summed E-state index contributed by atoms with van der Waals surface area (Å²) in [6.07, 6.45) is 2.32. The van der Waals surface area contributed by atoms with E-state index in [9.17, 15) is 0 Å². The van der Waals surface area contributed by atoms with Gasteiger partial charge >= 0.3 is 0 Å². The Labute approximate surface area is 78.3 Å². The lowest BCUT2D eigenvalue weighted by Crippen LogP contribution is -2.28.